The molecule has 1 aliphatic heterocycles. The molecule has 2 heterocycles. The van der Waals surface area contributed by atoms with E-state index in [1.54, 1.807) is 6.20 Å². The lowest BCUT2D eigenvalue weighted by molar-refractivity contribution is 0.588. The van der Waals surface area contributed by atoms with Crippen molar-refractivity contribution in [3.63, 3.8) is 0 Å². The van der Waals surface area contributed by atoms with Crippen molar-refractivity contribution in [3.05, 3.63) is 35.0 Å². The summed E-state index contributed by atoms with van der Waals surface area (Å²) in [4.78, 5) is 6.70. The van der Waals surface area contributed by atoms with Crippen molar-refractivity contribution in [3.8, 4) is 0 Å². The molecule has 0 amide bonds. The van der Waals surface area contributed by atoms with Gasteiger partial charge in [0.05, 0.1) is 5.02 Å². The van der Waals surface area contributed by atoms with E-state index in [0.29, 0.717) is 6.04 Å². The van der Waals surface area contributed by atoms with Gasteiger partial charge >= 0.3 is 0 Å². The van der Waals surface area contributed by atoms with Crippen LogP contribution in [-0.4, -0.2) is 24.1 Å². The van der Waals surface area contributed by atoms with Gasteiger partial charge in [0.25, 0.3) is 0 Å². The summed E-state index contributed by atoms with van der Waals surface area (Å²) < 4.78 is 0. The van der Waals surface area contributed by atoms with E-state index >= 15 is 0 Å². The summed E-state index contributed by atoms with van der Waals surface area (Å²) >= 11 is 6.18. The van der Waals surface area contributed by atoms with Gasteiger partial charge in [-0.15, -0.1) is 0 Å². The van der Waals surface area contributed by atoms with E-state index < -0.39 is 0 Å². The van der Waals surface area contributed by atoms with Crippen LogP contribution in [-0.2, 0) is 6.54 Å². The number of aromatic nitrogens is 1. The minimum Gasteiger partial charge on any atom is -0.353 e. The quantitative estimate of drug-likeness (QED) is 0.849. The van der Waals surface area contributed by atoms with Crippen molar-refractivity contribution < 1.29 is 0 Å². The number of pyridine rings is 1. The molecule has 0 unspecified atom stereocenters. The van der Waals surface area contributed by atoms with Crippen molar-refractivity contribution in [1.29, 1.82) is 0 Å². The number of nitrogens with zero attached hydrogens (tertiary/aromatic N) is 2. The molecule has 0 bridgehead atoms. The number of anilines is 1. The van der Waals surface area contributed by atoms with Gasteiger partial charge in [0.1, 0.15) is 5.82 Å². The monoisotopic (exact) mass is 265 g/mol. The fraction of sp³-hybridized carbons (Fsp3) is 0.500. The molecule has 0 spiro atoms. The van der Waals surface area contributed by atoms with Gasteiger partial charge in [-0.3, -0.25) is 0 Å². The minimum absolute atomic E-state index is 0.454. The number of nitrogens with one attached hydrogen (secondary N) is 1. The highest BCUT2D eigenvalue weighted by molar-refractivity contribution is 6.31. The zero-order valence-electron chi connectivity index (χ0n) is 11.0. The third-order valence-electron chi connectivity index (χ3n) is 3.00. The normalized spacial score (nSPS) is 15.4. The highest BCUT2D eigenvalue weighted by Crippen LogP contribution is 2.21. The predicted octanol–water partition coefficient (Wildman–Crippen LogP) is 3.00. The van der Waals surface area contributed by atoms with Crippen LogP contribution in [0.4, 0.5) is 5.82 Å². The van der Waals surface area contributed by atoms with Crippen molar-refractivity contribution in [2.75, 3.05) is 18.0 Å². The molecule has 0 aliphatic carbocycles. The van der Waals surface area contributed by atoms with Crippen LogP contribution < -0.4 is 10.2 Å². The van der Waals surface area contributed by atoms with Gasteiger partial charge in [-0.2, -0.15) is 0 Å². The number of hydrogen-bond donors (Lipinski definition) is 1. The average Bonchev–Trinajstić information content (AvgIpc) is 2.38. The Bertz CT molecular complexity index is 429. The summed E-state index contributed by atoms with van der Waals surface area (Å²) in [5, 5.41) is 4.12. The molecule has 0 fully saturated rings. The fourth-order valence-electron chi connectivity index (χ4n) is 1.94. The summed E-state index contributed by atoms with van der Waals surface area (Å²) in [5.41, 5.74) is 1.12. The Hall–Kier alpha value is -1.06. The van der Waals surface area contributed by atoms with E-state index in [4.69, 9.17) is 11.6 Å². The molecule has 18 heavy (non-hydrogen) atoms. The van der Waals surface area contributed by atoms with Crippen molar-refractivity contribution in [1.82, 2.24) is 10.3 Å². The Morgan fingerprint density at radius 1 is 1.44 bits per heavy atom. The average molecular weight is 266 g/mol. The van der Waals surface area contributed by atoms with Gasteiger partial charge < -0.3 is 10.2 Å². The van der Waals surface area contributed by atoms with Gasteiger partial charge in [-0.25, -0.2) is 4.98 Å². The molecule has 1 aliphatic rings. The number of halogens is 1. The lowest BCUT2D eigenvalue weighted by Crippen LogP contribution is -2.28. The largest absolute Gasteiger partial charge is 0.353 e. The molecule has 2 rings (SSSR count). The van der Waals surface area contributed by atoms with E-state index in [1.807, 2.05) is 0 Å². The zero-order chi connectivity index (χ0) is 13.0. The van der Waals surface area contributed by atoms with E-state index in [2.05, 4.69) is 47.3 Å². The van der Waals surface area contributed by atoms with Gasteiger partial charge in [-0.1, -0.05) is 37.6 Å². The Morgan fingerprint density at radius 3 is 2.94 bits per heavy atom. The van der Waals surface area contributed by atoms with Crippen LogP contribution in [0, 0.1) is 0 Å². The molecule has 0 radical (unpaired) electrons. The molecule has 0 saturated carbocycles. The summed E-state index contributed by atoms with van der Waals surface area (Å²) in [5.74, 6) is 1.02. The third kappa shape index (κ3) is 3.47. The van der Waals surface area contributed by atoms with Gasteiger partial charge in [0.15, 0.2) is 0 Å². The SMILES string of the molecule is CC(C)NCc1cc(N2CC=CCC2)ncc1Cl. The third-order valence-corrected chi connectivity index (χ3v) is 3.34. The van der Waals surface area contributed by atoms with Gasteiger partial charge in [0.2, 0.25) is 0 Å². The van der Waals surface area contributed by atoms with Crippen molar-refractivity contribution in [2.24, 2.45) is 0 Å². The van der Waals surface area contributed by atoms with Crippen LogP contribution in [0.2, 0.25) is 5.02 Å². The van der Waals surface area contributed by atoms with Gasteiger partial charge in [0, 0.05) is 31.9 Å². The standard InChI is InChI=1S/C14H20ClN3/c1-11(2)16-9-12-8-14(17-10-13(12)15)18-6-4-3-5-7-18/h3-4,8,10-11,16H,5-7,9H2,1-2H3. The second-order valence-electron chi connectivity index (χ2n) is 4.88. The Kier molecular flexibility index (Phi) is 4.61. The maximum absolute atomic E-state index is 6.18. The Balaban J connectivity index is 2.12. The molecule has 0 atom stereocenters. The molecular weight excluding hydrogens is 246 g/mol. The smallest absolute Gasteiger partial charge is 0.129 e. The van der Waals surface area contributed by atoms with Crippen LogP contribution in [0.25, 0.3) is 0 Å². The molecule has 98 valence electrons. The lowest BCUT2D eigenvalue weighted by Gasteiger charge is -2.25. The topological polar surface area (TPSA) is 28.2 Å². The van der Waals surface area contributed by atoms with Gasteiger partial charge in [-0.05, 0) is 18.1 Å². The highest BCUT2D eigenvalue weighted by Gasteiger charge is 2.11. The van der Waals surface area contributed by atoms with Crippen LogP contribution in [0.1, 0.15) is 25.8 Å². The van der Waals surface area contributed by atoms with E-state index in [0.717, 1.165) is 42.5 Å². The van der Waals surface area contributed by atoms with E-state index in [1.165, 1.54) is 0 Å². The van der Waals surface area contributed by atoms with Crippen LogP contribution in [0.15, 0.2) is 24.4 Å². The van der Waals surface area contributed by atoms with Crippen molar-refractivity contribution in [2.45, 2.75) is 32.9 Å². The maximum atomic E-state index is 6.18. The van der Waals surface area contributed by atoms with E-state index in [9.17, 15) is 0 Å². The molecule has 3 nitrogen and oxygen atoms in total. The second-order valence-corrected chi connectivity index (χ2v) is 5.28. The van der Waals surface area contributed by atoms with Crippen molar-refractivity contribution >= 4 is 17.4 Å². The first-order valence-corrected chi connectivity index (χ1v) is 6.82. The number of hydrogen-bond acceptors (Lipinski definition) is 3. The molecule has 1 aromatic heterocycles. The van der Waals surface area contributed by atoms with E-state index in [-0.39, 0.29) is 0 Å². The Morgan fingerprint density at radius 2 is 2.28 bits per heavy atom. The lowest BCUT2D eigenvalue weighted by atomic mass is 10.2. The summed E-state index contributed by atoms with van der Waals surface area (Å²) in [6.07, 6.45) is 7.25. The molecule has 4 heteroatoms. The first-order chi connectivity index (χ1) is 8.66. The summed E-state index contributed by atoms with van der Waals surface area (Å²) in [7, 11) is 0. The zero-order valence-corrected chi connectivity index (χ0v) is 11.7. The molecule has 1 aromatic rings. The van der Waals surface area contributed by atoms with Crippen LogP contribution >= 0.6 is 11.6 Å². The first-order valence-electron chi connectivity index (χ1n) is 6.44. The summed E-state index contributed by atoms with van der Waals surface area (Å²) in [6, 6.07) is 2.55. The molecule has 1 N–H and O–H groups in total. The molecule has 0 aromatic carbocycles. The van der Waals surface area contributed by atoms with Crippen LogP contribution in [0.5, 0.6) is 0 Å². The molecular formula is C14H20ClN3. The Labute approximate surface area is 114 Å². The van der Waals surface area contributed by atoms with Crippen LogP contribution in [0.3, 0.4) is 0 Å². The fourth-order valence-corrected chi connectivity index (χ4v) is 2.11. The first kappa shape index (κ1) is 13.4. The highest BCUT2D eigenvalue weighted by atomic mass is 35.5. The summed E-state index contributed by atoms with van der Waals surface area (Å²) in [6.45, 7) is 7.01. The predicted molar refractivity (Wildman–Crippen MR) is 77.2 cm³/mol. The number of rotatable bonds is 4. The maximum Gasteiger partial charge on any atom is 0.129 e. The second kappa shape index (κ2) is 6.21. The molecule has 0 saturated heterocycles. The minimum atomic E-state index is 0.454.